The standard InChI is InChI=1S/C25H28N4O2/c30-24(27-16-22-8-1-2-11-26-22)19-9-13-28(14-10-19)17-21-15-20-6-3-5-18-7-4-12-29(23(18)20)25(21)31/h1-3,5-6,8,11,15,19H,4,7,9-10,12-14,16-17H2,(H,27,30). The summed E-state index contributed by atoms with van der Waals surface area (Å²) in [6.07, 6.45) is 5.45. The summed E-state index contributed by atoms with van der Waals surface area (Å²) in [5.41, 5.74) is 4.28. The maximum absolute atomic E-state index is 13.1. The van der Waals surface area contributed by atoms with E-state index in [2.05, 4.69) is 39.5 Å². The van der Waals surface area contributed by atoms with Crippen molar-refractivity contribution in [2.24, 2.45) is 5.92 Å². The third kappa shape index (κ3) is 4.12. The second kappa shape index (κ2) is 8.63. The minimum absolute atomic E-state index is 0.0291. The second-order valence-corrected chi connectivity index (χ2v) is 8.67. The number of hydrogen-bond donors (Lipinski definition) is 1. The number of likely N-dealkylation sites (tertiary alicyclic amines) is 1. The number of para-hydroxylation sites is 1. The van der Waals surface area contributed by atoms with Crippen LogP contribution in [0.4, 0.5) is 0 Å². The summed E-state index contributed by atoms with van der Waals surface area (Å²) in [4.78, 5) is 32.2. The molecule has 1 amide bonds. The summed E-state index contributed by atoms with van der Waals surface area (Å²) in [5, 5.41) is 4.18. The van der Waals surface area contributed by atoms with E-state index in [1.54, 1.807) is 6.20 Å². The van der Waals surface area contributed by atoms with E-state index >= 15 is 0 Å². The Morgan fingerprint density at radius 1 is 1.10 bits per heavy atom. The Balaban J connectivity index is 1.22. The molecule has 31 heavy (non-hydrogen) atoms. The number of aromatic nitrogens is 2. The molecule has 1 N–H and O–H groups in total. The predicted molar refractivity (Wildman–Crippen MR) is 121 cm³/mol. The van der Waals surface area contributed by atoms with Gasteiger partial charge in [0, 0.05) is 30.8 Å². The minimum atomic E-state index is 0.0291. The molecule has 4 heterocycles. The fourth-order valence-electron chi connectivity index (χ4n) is 4.96. The van der Waals surface area contributed by atoms with Gasteiger partial charge >= 0.3 is 0 Å². The quantitative estimate of drug-likeness (QED) is 0.695. The van der Waals surface area contributed by atoms with E-state index in [9.17, 15) is 9.59 Å². The lowest BCUT2D eigenvalue weighted by Crippen LogP contribution is -2.41. The number of carbonyl (C=O) groups excluding carboxylic acids is 1. The summed E-state index contributed by atoms with van der Waals surface area (Å²) in [6, 6.07) is 14.1. The van der Waals surface area contributed by atoms with Crippen LogP contribution in [0.1, 0.15) is 36.1 Å². The van der Waals surface area contributed by atoms with Gasteiger partial charge in [0.05, 0.1) is 17.8 Å². The molecule has 0 aliphatic carbocycles. The number of aryl methyl sites for hydroxylation is 2. The fourth-order valence-corrected chi connectivity index (χ4v) is 4.96. The first-order valence-corrected chi connectivity index (χ1v) is 11.2. The van der Waals surface area contributed by atoms with Crippen molar-refractivity contribution in [2.45, 2.75) is 45.3 Å². The molecular weight excluding hydrogens is 388 g/mol. The molecule has 2 aromatic heterocycles. The number of carbonyl (C=O) groups is 1. The van der Waals surface area contributed by atoms with Crippen LogP contribution in [0.5, 0.6) is 0 Å². The molecule has 6 nitrogen and oxygen atoms in total. The highest BCUT2D eigenvalue weighted by Gasteiger charge is 2.26. The monoisotopic (exact) mass is 416 g/mol. The zero-order valence-corrected chi connectivity index (χ0v) is 17.7. The number of piperidine rings is 1. The first kappa shape index (κ1) is 19.9. The zero-order chi connectivity index (χ0) is 21.2. The van der Waals surface area contributed by atoms with Gasteiger partial charge < -0.3 is 9.88 Å². The summed E-state index contributed by atoms with van der Waals surface area (Å²) in [5.74, 6) is 0.134. The van der Waals surface area contributed by atoms with Gasteiger partial charge in [-0.1, -0.05) is 24.3 Å². The molecule has 2 aliphatic heterocycles. The second-order valence-electron chi connectivity index (χ2n) is 8.67. The number of nitrogens with zero attached hydrogens (tertiary/aromatic N) is 3. The molecule has 0 spiro atoms. The van der Waals surface area contributed by atoms with Crippen molar-refractivity contribution in [1.82, 2.24) is 19.8 Å². The molecular formula is C25H28N4O2. The number of benzene rings is 1. The first-order valence-electron chi connectivity index (χ1n) is 11.2. The van der Waals surface area contributed by atoms with Crippen molar-refractivity contribution in [1.29, 1.82) is 0 Å². The van der Waals surface area contributed by atoms with Gasteiger partial charge in [0.15, 0.2) is 0 Å². The normalized spacial score (nSPS) is 17.0. The first-order chi connectivity index (χ1) is 15.2. The molecule has 0 atom stereocenters. The Morgan fingerprint density at radius 2 is 1.97 bits per heavy atom. The van der Waals surface area contributed by atoms with Crippen LogP contribution in [0.2, 0.25) is 0 Å². The number of hydrogen-bond acceptors (Lipinski definition) is 4. The molecule has 6 heteroatoms. The average molecular weight is 417 g/mol. The van der Waals surface area contributed by atoms with Crippen molar-refractivity contribution in [3.63, 3.8) is 0 Å². The highest BCUT2D eigenvalue weighted by Crippen LogP contribution is 2.25. The summed E-state index contributed by atoms with van der Waals surface area (Å²) in [6.45, 7) is 3.59. The van der Waals surface area contributed by atoms with Crippen LogP contribution in [-0.2, 0) is 30.8 Å². The third-order valence-electron chi connectivity index (χ3n) is 6.62. The Labute approximate surface area is 181 Å². The summed E-state index contributed by atoms with van der Waals surface area (Å²) < 4.78 is 1.97. The Morgan fingerprint density at radius 3 is 2.77 bits per heavy atom. The predicted octanol–water partition coefficient (Wildman–Crippen LogP) is 2.87. The van der Waals surface area contributed by atoms with Gasteiger partial charge in [-0.2, -0.15) is 0 Å². The summed E-state index contributed by atoms with van der Waals surface area (Å²) in [7, 11) is 0. The molecule has 2 aliphatic rings. The highest BCUT2D eigenvalue weighted by molar-refractivity contribution is 5.83. The Hall–Kier alpha value is -2.99. The van der Waals surface area contributed by atoms with Gasteiger partial charge in [-0.05, 0) is 67.9 Å². The van der Waals surface area contributed by atoms with Crippen LogP contribution in [0.15, 0.2) is 53.5 Å². The molecule has 3 aromatic rings. The van der Waals surface area contributed by atoms with Gasteiger partial charge in [0.25, 0.3) is 5.56 Å². The Kier molecular flexibility index (Phi) is 5.55. The van der Waals surface area contributed by atoms with Gasteiger partial charge in [-0.15, -0.1) is 0 Å². The molecule has 0 bridgehead atoms. The van der Waals surface area contributed by atoms with Crippen LogP contribution in [-0.4, -0.2) is 33.4 Å². The molecule has 1 saturated heterocycles. The van der Waals surface area contributed by atoms with Gasteiger partial charge in [-0.3, -0.25) is 19.5 Å². The molecule has 160 valence electrons. The average Bonchev–Trinajstić information content (AvgIpc) is 2.82. The topological polar surface area (TPSA) is 67.2 Å². The van der Waals surface area contributed by atoms with Gasteiger partial charge in [-0.25, -0.2) is 0 Å². The van der Waals surface area contributed by atoms with Crippen molar-refractivity contribution in [3.8, 4) is 0 Å². The van der Waals surface area contributed by atoms with Crippen LogP contribution in [0.25, 0.3) is 10.9 Å². The number of pyridine rings is 2. The molecule has 1 aromatic carbocycles. The smallest absolute Gasteiger partial charge is 0.255 e. The van der Waals surface area contributed by atoms with E-state index in [1.165, 1.54) is 5.56 Å². The van der Waals surface area contributed by atoms with Gasteiger partial charge in [0.2, 0.25) is 5.91 Å². The maximum Gasteiger partial charge on any atom is 0.255 e. The lowest BCUT2D eigenvalue weighted by molar-refractivity contribution is -0.126. The lowest BCUT2D eigenvalue weighted by Gasteiger charge is -2.31. The Bertz CT molecular complexity index is 1150. The molecule has 1 fully saturated rings. The van der Waals surface area contributed by atoms with Crippen LogP contribution in [0.3, 0.4) is 0 Å². The van der Waals surface area contributed by atoms with E-state index in [-0.39, 0.29) is 17.4 Å². The van der Waals surface area contributed by atoms with Crippen molar-refractivity contribution < 1.29 is 4.79 Å². The highest BCUT2D eigenvalue weighted by atomic mass is 16.2. The minimum Gasteiger partial charge on any atom is -0.350 e. The van der Waals surface area contributed by atoms with Crippen LogP contribution < -0.4 is 10.9 Å². The van der Waals surface area contributed by atoms with E-state index in [0.29, 0.717) is 13.1 Å². The number of rotatable bonds is 5. The number of nitrogens with one attached hydrogen (secondary N) is 1. The van der Waals surface area contributed by atoms with E-state index in [0.717, 1.165) is 67.5 Å². The molecule has 0 unspecified atom stereocenters. The molecule has 0 saturated carbocycles. The van der Waals surface area contributed by atoms with Crippen LogP contribution >= 0.6 is 0 Å². The summed E-state index contributed by atoms with van der Waals surface area (Å²) >= 11 is 0. The maximum atomic E-state index is 13.1. The van der Waals surface area contributed by atoms with Crippen molar-refractivity contribution in [3.05, 3.63) is 75.8 Å². The SMILES string of the molecule is O=C(NCc1ccccn1)C1CCN(Cc2cc3cccc4c3n(c2=O)CCC4)CC1. The fraction of sp³-hybridized carbons (Fsp3) is 0.400. The van der Waals surface area contributed by atoms with Crippen molar-refractivity contribution >= 4 is 16.8 Å². The van der Waals surface area contributed by atoms with E-state index < -0.39 is 0 Å². The molecule has 5 rings (SSSR count). The third-order valence-corrected chi connectivity index (χ3v) is 6.62. The van der Waals surface area contributed by atoms with Crippen LogP contribution in [0, 0.1) is 5.92 Å². The van der Waals surface area contributed by atoms with Crippen molar-refractivity contribution in [2.75, 3.05) is 13.1 Å². The number of amides is 1. The zero-order valence-electron chi connectivity index (χ0n) is 17.7. The molecule has 0 radical (unpaired) electrons. The van der Waals surface area contributed by atoms with E-state index in [4.69, 9.17) is 0 Å². The lowest BCUT2D eigenvalue weighted by atomic mass is 9.95. The van der Waals surface area contributed by atoms with Gasteiger partial charge in [0.1, 0.15) is 0 Å². The largest absolute Gasteiger partial charge is 0.350 e. The van der Waals surface area contributed by atoms with E-state index in [1.807, 2.05) is 22.8 Å².